The van der Waals surface area contributed by atoms with E-state index in [0.29, 0.717) is 10.9 Å². The van der Waals surface area contributed by atoms with E-state index >= 15 is 4.39 Å². The fourth-order valence-corrected chi connectivity index (χ4v) is 4.46. The van der Waals surface area contributed by atoms with E-state index in [9.17, 15) is 0 Å². The zero-order valence-corrected chi connectivity index (χ0v) is 21.0. The normalized spacial score (nSPS) is 10.8. The molecule has 4 aromatic rings. The van der Waals surface area contributed by atoms with Gasteiger partial charge in [0, 0.05) is 10.9 Å². The molecule has 0 aromatic heterocycles. The maximum Gasteiger partial charge on any atom is 0.146 e. The van der Waals surface area contributed by atoms with Crippen molar-refractivity contribution in [3.63, 3.8) is 0 Å². The van der Waals surface area contributed by atoms with E-state index in [2.05, 4.69) is 68.2 Å². The lowest BCUT2D eigenvalue weighted by atomic mass is 9.99. The SMILES string of the molecule is CCCCCCCc1ccc(C#Cc2ccc3cc(CCc4ccc(C)cc4)ccc3c2F)cc1. The number of fused-ring (bicyclic) bond motifs is 1. The molecule has 0 unspecified atom stereocenters. The van der Waals surface area contributed by atoms with Gasteiger partial charge < -0.3 is 0 Å². The predicted octanol–water partition coefficient (Wildman–Crippen LogP) is 8.99. The summed E-state index contributed by atoms with van der Waals surface area (Å²) in [4.78, 5) is 0. The fourth-order valence-electron chi connectivity index (χ4n) is 4.46. The molecule has 0 heterocycles. The second-order valence-electron chi connectivity index (χ2n) is 9.58. The van der Waals surface area contributed by atoms with Gasteiger partial charge in [-0.05, 0) is 72.9 Å². The minimum atomic E-state index is -0.233. The number of rotatable bonds is 9. The number of aryl methyl sites for hydroxylation is 4. The number of hydrogen-bond donors (Lipinski definition) is 0. The van der Waals surface area contributed by atoms with Gasteiger partial charge in [-0.1, -0.05) is 111 Å². The molecule has 1 heteroatoms. The Hall–Kier alpha value is -3.37. The number of unbranched alkanes of at least 4 members (excludes halogenated alkanes) is 4. The summed E-state index contributed by atoms with van der Waals surface area (Å²) in [5, 5.41) is 1.56. The molecule has 0 aliphatic carbocycles. The van der Waals surface area contributed by atoms with E-state index in [1.54, 1.807) is 6.07 Å². The highest BCUT2D eigenvalue weighted by molar-refractivity contribution is 5.85. The van der Waals surface area contributed by atoms with Crippen molar-refractivity contribution in [2.24, 2.45) is 0 Å². The van der Waals surface area contributed by atoms with Gasteiger partial charge in [-0.2, -0.15) is 0 Å². The topological polar surface area (TPSA) is 0 Å². The van der Waals surface area contributed by atoms with Crippen LogP contribution in [-0.2, 0) is 19.3 Å². The van der Waals surface area contributed by atoms with Crippen molar-refractivity contribution in [1.82, 2.24) is 0 Å². The van der Waals surface area contributed by atoms with Crippen LogP contribution in [-0.4, -0.2) is 0 Å². The van der Waals surface area contributed by atoms with Crippen LogP contribution in [0.5, 0.6) is 0 Å². The van der Waals surface area contributed by atoms with E-state index in [0.717, 1.165) is 30.2 Å². The first kappa shape index (κ1) is 24.7. The lowest BCUT2D eigenvalue weighted by Crippen LogP contribution is -1.93. The molecule has 0 spiro atoms. The second-order valence-corrected chi connectivity index (χ2v) is 9.58. The van der Waals surface area contributed by atoms with E-state index in [-0.39, 0.29) is 5.82 Å². The van der Waals surface area contributed by atoms with Crippen LogP contribution in [0.15, 0.2) is 78.9 Å². The lowest BCUT2D eigenvalue weighted by molar-refractivity contribution is 0.632. The third kappa shape index (κ3) is 7.06. The molecule has 4 aromatic carbocycles. The minimum absolute atomic E-state index is 0.233. The Morgan fingerprint density at radius 2 is 1.29 bits per heavy atom. The maximum absolute atomic E-state index is 15.2. The molecule has 0 atom stereocenters. The van der Waals surface area contributed by atoms with Gasteiger partial charge >= 0.3 is 0 Å². The van der Waals surface area contributed by atoms with Gasteiger partial charge in [-0.3, -0.25) is 0 Å². The zero-order valence-electron chi connectivity index (χ0n) is 21.0. The second kappa shape index (κ2) is 12.4. The van der Waals surface area contributed by atoms with Crippen molar-refractivity contribution >= 4 is 10.8 Å². The number of halogens is 1. The van der Waals surface area contributed by atoms with Crippen LogP contribution in [0, 0.1) is 24.6 Å². The van der Waals surface area contributed by atoms with Gasteiger partial charge in [-0.25, -0.2) is 4.39 Å². The summed E-state index contributed by atoms with van der Waals surface area (Å²) in [6.45, 7) is 4.35. The molecule has 0 radical (unpaired) electrons. The van der Waals surface area contributed by atoms with E-state index in [1.165, 1.54) is 54.4 Å². The van der Waals surface area contributed by atoms with Gasteiger partial charge in [0.2, 0.25) is 0 Å². The Bertz CT molecular complexity index is 1300. The average Bonchev–Trinajstić information content (AvgIpc) is 2.88. The zero-order chi connectivity index (χ0) is 24.5. The molecule has 0 amide bonds. The van der Waals surface area contributed by atoms with Crippen molar-refractivity contribution in [3.05, 3.63) is 118 Å². The van der Waals surface area contributed by atoms with E-state index < -0.39 is 0 Å². The number of benzene rings is 4. The predicted molar refractivity (Wildman–Crippen MR) is 147 cm³/mol. The van der Waals surface area contributed by atoms with Gasteiger partial charge in [-0.15, -0.1) is 0 Å². The van der Waals surface area contributed by atoms with Crippen molar-refractivity contribution in [2.75, 3.05) is 0 Å². The molecule has 0 aliphatic heterocycles. The molecular formula is C34H35F. The van der Waals surface area contributed by atoms with Crippen molar-refractivity contribution in [2.45, 2.75) is 65.2 Å². The number of hydrogen-bond acceptors (Lipinski definition) is 0. The Morgan fingerprint density at radius 3 is 2.06 bits per heavy atom. The lowest BCUT2D eigenvalue weighted by Gasteiger charge is -2.07. The standard InChI is InChI=1S/C34H35F/c1-3-4-5-6-7-8-27-13-15-29(16-14-27)19-21-31-22-23-32-25-30(20-24-33(32)34(31)35)18-17-28-11-9-26(2)10-12-28/h9-16,20,22-25H,3-8,17-18H2,1-2H3. The van der Waals surface area contributed by atoms with Crippen molar-refractivity contribution in [1.29, 1.82) is 0 Å². The van der Waals surface area contributed by atoms with Crippen molar-refractivity contribution in [3.8, 4) is 11.8 Å². The largest absolute Gasteiger partial charge is 0.205 e. The van der Waals surface area contributed by atoms with Crippen LogP contribution in [0.3, 0.4) is 0 Å². The van der Waals surface area contributed by atoms with Crippen LogP contribution in [0.25, 0.3) is 10.8 Å². The molecule has 0 bridgehead atoms. The first-order valence-corrected chi connectivity index (χ1v) is 13.0. The van der Waals surface area contributed by atoms with Crippen LogP contribution in [0.4, 0.5) is 4.39 Å². The van der Waals surface area contributed by atoms with Crippen LogP contribution >= 0.6 is 0 Å². The average molecular weight is 463 g/mol. The summed E-state index contributed by atoms with van der Waals surface area (Å²) in [5.41, 5.74) is 6.55. The summed E-state index contributed by atoms with van der Waals surface area (Å²) in [6.07, 6.45) is 9.50. The van der Waals surface area contributed by atoms with Gasteiger partial charge in [0.1, 0.15) is 5.82 Å². The maximum atomic E-state index is 15.2. The molecule has 0 nitrogen and oxygen atoms in total. The first-order chi connectivity index (χ1) is 17.1. The molecule has 0 aliphatic rings. The minimum Gasteiger partial charge on any atom is -0.205 e. The van der Waals surface area contributed by atoms with Crippen LogP contribution < -0.4 is 0 Å². The highest BCUT2D eigenvalue weighted by Gasteiger charge is 2.07. The smallest absolute Gasteiger partial charge is 0.146 e. The highest BCUT2D eigenvalue weighted by atomic mass is 19.1. The van der Waals surface area contributed by atoms with E-state index in [1.807, 2.05) is 30.3 Å². The molecule has 35 heavy (non-hydrogen) atoms. The van der Waals surface area contributed by atoms with Crippen molar-refractivity contribution < 1.29 is 4.39 Å². The summed E-state index contributed by atoms with van der Waals surface area (Å²) in [6, 6.07) is 26.9. The summed E-state index contributed by atoms with van der Waals surface area (Å²) in [7, 11) is 0. The Morgan fingerprint density at radius 1 is 0.629 bits per heavy atom. The Balaban J connectivity index is 1.40. The van der Waals surface area contributed by atoms with Gasteiger partial charge in [0.15, 0.2) is 0 Å². The molecular weight excluding hydrogens is 427 g/mol. The molecule has 0 saturated carbocycles. The molecule has 0 saturated heterocycles. The van der Waals surface area contributed by atoms with Gasteiger partial charge in [0.05, 0.1) is 5.56 Å². The monoisotopic (exact) mass is 462 g/mol. The third-order valence-electron chi connectivity index (χ3n) is 6.71. The highest BCUT2D eigenvalue weighted by Crippen LogP contribution is 2.23. The Labute approximate surface area is 210 Å². The van der Waals surface area contributed by atoms with Gasteiger partial charge in [0.25, 0.3) is 0 Å². The van der Waals surface area contributed by atoms with E-state index in [4.69, 9.17) is 0 Å². The summed E-state index contributed by atoms with van der Waals surface area (Å²) >= 11 is 0. The van der Waals surface area contributed by atoms with Crippen LogP contribution in [0.2, 0.25) is 0 Å². The fraction of sp³-hybridized carbons (Fsp3) is 0.294. The summed E-state index contributed by atoms with van der Waals surface area (Å²) in [5.74, 6) is 5.96. The summed E-state index contributed by atoms with van der Waals surface area (Å²) < 4.78 is 15.2. The third-order valence-corrected chi connectivity index (χ3v) is 6.71. The first-order valence-electron chi connectivity index (χ1n) is 13.0. The molecule has 178 valence electrons. The molecule has 4 rings (SSSR count). The quantitative estimate of drug-likeness (QED) is 0.172. The van der Waals surface area contributed by atoms with Crippen LogP contribution in [0.1, 0.15) is 72.4 Å². The molecule has 0 fully saturated rings. The molecule has 0 N–H and O–H groups in total. The Kier molecular flexibility index (Phi) is 8.74.